The summed E-state index contributed by atoms with van der Waals surface area (Å²) in [6.45, 7) is 1.97. The molecule has 0 saturated heterocycles. The normalized spacial score (nSPS) is 13.3. The molecule has 8 nitrogen and oxygen atoms in total. The summed E-state index contributed by atoms with van der Waals surface area (Å²) in [6.07, 6.45) is 5.15. The van der Waals surface area contributed by atoms with Crippen molar-refractivity contribution in [2.45, 2.75) is 25.8 Å². The number of fused-ring (bicyclic) bond motifs is 1. The van der Waals surface area contributed by atoms with Crippen molar-refractivity contribution in [1.82, 2.24) is 24.8 Å². The van der Waals surface area contributed by atoms with Crippen LogP contribution in [0.3, 0.4) is 0 Å². The molecule has 8 heteroatoms. The van der Waals surface area contributed by atoms with E-state index < -0.39 is 5.91 Å². The maximum atomic E-state index is 12.5. The molecule has 1 aliphatic carbocycles. The first-order valence-electron chi connectivity index (χ1n) is 10.0. The Morgan fingerprint density at radius 2 is 1.90 bits per heavy atom. The Kier molecular flexibility index (Phi) is 4.47. The first-order valence-corrected chi connectivity index (χ1v) is 10.0. The van der Waals surface area contributed by atoms with Gasteiger partial charge in [0, 0.05) is 22.7 Å². The molecule has 2 heterocycles. The lowest BCUT2D eigenvalue weighted by atomic mass is 10.0. The third-order valence-corrected chi connectivity index (χ3v) is 5.42. The number of aromatic nitrogens is 4. The predicted octanol–water partition coefficient (Wildman–Crippen LogP) is 2.78. The van der Waals surface area contributed by atoms with Gasteiger partial charge in [-0.2, -0.15) is 0 Å². The van der Waals surface area contributed by atoms with Crippen molar-refractivity contribution < 1.29 is 9.59 Å². The van der Waals surface area contributed by atoms with Crippen LogP contribution < -0.4 is 11.1 Å². The summed E-state index contributed by atoms with van der Waals surface area (Å²) in [5, 5.41) is 3.01. The maximum Gasteiger partial charge on any atom is 0.251 e. The Balaban J connectivity index is 1.63. The fourth-order valence-electron chi connectivity index (χ4n) is 3.62. The molecule has 2 amide bonds. The smallest absolute Gasteiger partial charge is 0.251 e. The van der Waals surface area contributed by atoms with Crippen LogP contribution in [0.5, 0.6) is 0 Å². The second-order valence-electron chi connectivity index (χ2n) is 7.67. The Morgan fingerprint density at radius 3 is 2.68 bits per heavy atom. The maximum absolute atomic E-state index is 12.5. The van der Waals surface area contributed by atoms with Gasteiger partial charge in [0.1, 0.15) is 23.9 Å². The van der Waals surface area contributed by atoms with Crippen LogP contribution in [0.25, 0.3) is 28.1 Å². The molecule has 0 aliphatic heterocycles. The van der Waals surface area contributed by atoms with Gasteiger partial charge in [0.15, 0.2) is 5.65 Å². The number of hydrogen-bond acceptors (Lipinski definition) is 5. The number of carbonyl (C=O) groups is 2. The van der Waals surface area contributed by atoms with Crippen molar-refractivity contribution >= 4 is 23.0 Å². The van der Waals surface area contributed by atoms with Crippen LogP contribution in [0.4, 0.5) is 0 Å². The number of rotatable bonds is 5. The average molecular weight is 412 g/mol. The molecule has 0 spiro atoms. The lowest BCUT2D eigenvalue weighted by Crippen LogP contribution is -2.25. The summed E-state index contributed by atoms with van der Waals surface area (Å²) in [5.41, 5.74) is 10.5. The molecule has 2 aromatic heterocycles. The standard InChI is InChI=1S/C23H20N6O2/c1-13-6-7-14(23(31)28-15-8-9-15)10-18(13)29-12-27-20-19(25-11-26-22(20)29)16-4-2-3-5-17(16)21(24)30/h2-7,10-12,15H,8-9H2,1H3,(H2,24,30)(H,28,31). The second-order valence-corrected chi connectivity index (χ2v) is 7.67. The van der Waals surface area contributed by atoms with E-state index in [1.54, 1.807) is 24.5 Å². The van der Waals surface area contributed by atoms with Gasteiger partial charge in [0.25, 0.3) is 5.91 Å². The van der Waals surface area contributed by atoms with Crippen LogP contribution in [-0.2, 0) is 0 Å². The third-order valence-electron chi connectivity index (χ3n) is 5.42. The number of carbonyl (C=O) groups excluding carboxylic acids is 2. The van der Waals surface area contributed by atoms with Crippen LogP contribution in [0, 0.1) is 6.92 Å². The minimum absolute atomic E-state index is 0.0844. The van der Waals surface area contributed by atoms with Gasteiger partial charge >= 0.3 is 0 Å². The van der Waals surface area contributed by atoms with Crippen LogP contribution >= 0.6 is 0 Å². The summed E-state index contributed by atoms with van der Waals surface area (Å²) >= 11 is 0. The summed E-state index contributed by atoms with van der Waals surface area (Å²) < 4.78 is 1.83. The number of hydrogen-bond donors (Lipinski definition) is 2. The molecule has 0 bridgehead atoms. The van der Waals surface area contributed by atoms with Crippen LogP contribution in [0.2, 0.25) is 0 Å². The average Bonchev–Trinajstić information content (AvgIpc) is 3.49. The molecule has 3 N–H and O–H groups in total. The quantitative estimate of drug-likeness (QED) is 0.523. The van der Waals surface area contributed by atoms with Gasteiger partial charge in [0.05, 0.1) is 5.69 Å². The molecule has 31 heavy (non-hydrogen) atoms. The summed E-state index contributed by atoms with van der Waals surface area (Å²) in [7, 11) is 0. The van der Waals surface area contributed by atoms with Gasteiger partial charge in [-0.25, -0.2) is 15.0 Å². The number of nitrogens with zero attached hydrogens (tertiary/aromatic N) is 4. The second kappa shape index (κ2) is 7.32. The van der Waals surface area contributed by atoms with E-state index in [-0.39, 0.29) is 11.9 Å². The third kappa shape index (κ3) is 3.42. The van der Waals surface area contributed by atoms with E-state index in [0.29, 0.717) is 33.5 Å². The van der Waals surface area contributed by atoms with Crippen molar-refractivity contribution in [3.05, 3.63) is 71.8 Å². The first kappa shape index (κ1) is 18.9. The van der Waals surface area contributed by atoms with Crippen LogP contribution in [0.1, 0.15) is 39.1 Å². The van der Waals surface area contributed by atoms with E-state index >= 15 is 0 Å². The fourth-order valence-corrected chi connectivity index (χ4v) is 3.62. The zero-order chi connectivity index (χ0) is 21.5. The van der Waals surface area contributed by atoms with E-state index in [1.807, 2.05) is 35.8 Å². The zero-order valence-corrected chi connectivity index (χ0v) is 16.9. The Hall–Kier alpha value is -4.07. The Labute approximate surface area is 178 Å². The minimum Gasteiger partial charge on any atom is -0.366 e. The number of amides is 2. The number of imidazole rings is 1. The first-order chi connectivity index (χ1) is 15.0. The largest absolute Gasteiger partial charge is 0.366 e. The molecule has 1 saturated carbocycles. The predicted molar refractivity (Wildman–Crippen MR) is 116 cm³/mol. The van der Waals surface area contributed by atoms with Gasteiger partial charge in [-0.1, -0.05) is 24.3 Å². The Bertz CT molecular complexity index is 1340. The molecule has 0 radical (unpaired) electrons. The van der Waals surface area contributed by atoms with E-state index in [9.17, 15) is 9.59 Å². The SMILES string of the molecule is Cc1ccc(C(=O)NC2CC2)cc1-n1cnc2c(-c3ccccc3C(N)=O)ncnc21. The molecule has 5 rings (SSSR count). The van der Waals surface area contributed by atoms with E-state index in [4.69, 9.17) is 5.73 Å². The summed E-state index contributed by atoms with van der Waals surface area (Å²) in [4.78, 5) is 37.8. The lowest BCUT2D eigenvalue weighted by Gasteiger charge is -2.11. The topological polar surface area (TPSA) is 116 Å². The van der Waals surface area contributed by atoms with E-state index in [2.05, 4.69) is 20.3 Å². The van der Waals surface area contributed by atoms with Crippen molar-refractivity contribution in [3.63, 3.8) is 0 Å². The molecule has 2 aromatic carbocycles. The molecular formula is C23H20N6O2. The number of nitrogens with one attached hydrogen (secondary N) is 1. The highest BCUT2D eigenvalue weighted by atomic mass is 16.2. The van der Waals surface area contributed by atoms with Gasteiger partial charge in [-0.3, -0.25) is 14.2 Å². The van der Waals surface area contributed by atoms with Crippen LogP contribution in [0.15, 0.2) is 55.1 Å². The van der Waals surface area contributed by atoms with E-state index in [1.165, 1.54) is 6.33 Å². The lowest BCUT2D eigenvalue weighted by molar-refractivity contribution is 0.0949. The van der Waals surface area contributed by atoms with E-state index in [0.717, 1.165) is 24.1 Å². The van der Waals surface area contributed by atoms with Crippen molar-refractivity contribution in [3.8, 4) is 16.9 Å². The van der Waals surface area contributed by atoms with Crippen molar-refractivity contribution in [2.24, 2.45) is 5.73 Å². The van der Waals surface area contributed by atoms with Crippen molar-refractivity contribution in [1.29, 1.82) is 0 Å². The molecule has 1 aliphatic rings. The summed E-state index contributed by atoms with van der Waals surface area (Å²) in [5.74, 6) is -0.620. The molecule has 1 fully saturated rings. The molecule has 0 atom stereocenters. The summed E-state index contributed by atoms with van der Waals surface area (Å²) in [6, 6.07) is 12.9. The van der Waals surface area contributed by atoms with Gasteiger partial charge in [-0.05, 0) is 43.5 Å². The zero-order valence-electron chi connectivity index (χ0n) is 16.9. The number of aryl methyl sites for hydroxylation is 1. The molecule has 4 aromatic rings. The molecular weight excluding hydrogens is 392 g/mol. The highest BCUT2D eigenvalue weighted by Crippen LogP contribution is 2.29. The highest BCUT2D eigenvalue weighted by molar-refractivity contribution is 6.02. The minimum atomic E-state index is -0.535. The Morgan fingerprint density at radius 1 is 1.10 bits per heavy atom. The highest BCUT2D eigenvalue weighted by Gasteiger charge is 2.24. The van der Waals surface area contributed by atoms with Gasteiger partial charge in [-0.15, -0.1) is 0 Å². The molecule has 154 valence electrons. The monoisotopic (exact) mass is 412 g/mol. The molecule has 0 unspecified atom stereocenters. The number of primary amides is 1. The van der Waals surface area contributed by atoms with Gasteiger partial charge in [0.2, 0.25) is 5.91 Å². The van der Waals surface area contributed by atoms with Crippen molar-refractivity contribution in [2.75, 3.05) is 0 Å². The number of nitrogens with two attached hydrogens (primary N) is 1. The van der Waals surface area contributed by atoms with Crippen LogP contribution in [-0.4, -0.2) is 37.4 Å². The fraction of sp³-hybridized carbons (Fsp3) is 0.174. The van der Waals surface area contributed by atoms with Gasteiger partial charge < -0.3 is 11.1 Å². The number of benzene rings is 2.